The molecule has 2 aromatic carbocycles. The maximum Gasteiger partial charge on any atom is 0.410 e. The average molecular weight is 479 g/mol. The van der Waals surface area contributed by atoms with Gasteiger partial charge in [0, 0.05) is 19.0 Å². The summed E-state index contributed by atoms with van der Waals surface area (Å²) < 4.78 is 58.2. The van der Waals surface area contributed by atoms with Crippen LogP contribution in [0.5, 0.6) is 0 Å². The van der Waals surface area contributed by atoms with Crippen molar-refractivity contribution in [1.82, 2.24) is 9.62 Å². The SMILES string of the molecule is CS(=O)(=O)N[C@@H]1CCCN(C(=O)OCC2CC2(F)F)[C@@H]1Cc1cccc(-c2ccccc2)c1. The van der Waals surface area contributed by atoms with Crippen LogP contribution in [0.15, 0.2) is 54.6 Å². The Bertz CT molecular complexity index is 1090. The van der Waals surface area contributed by atoms with Gasteiger partial charge in [0.25, 0.3) is 5.92 Å². The van der Waals surface area contributed by atoms with Crippen LogP contribution in [0.1, 0.15) is 24.8 Å². The summed E-state index contributed by atoms with van der Waals surface area (Å²) >= 11 is 0. The number of amides is 1. The van der Waals surface area contributed by atoms with E-state index in [2.05, 4.69) is 4.72 Å². The topological polar surface area (TPSA) is 75.7 Å². The number of benzene rings is 2. The molecule has 2 aliphatic rings. The van der Waals surface area contributed by atoms with Crippen molar-refractivity contribution < 1.29 is 26.7 Å². The largest absolute Gasteiger partial charge is 0.449 e. The van der Waals surface area contributed by atoms with Gasteiger partial charge in [-0.1, -0.05) is 54.6 Å². The van der Waals surface area contributed by atoms with Crippen molar-refractivity contribution in [2.45, 2.75) is 43.7 Å². The highest BCUT2D eigenvalue weighted by molar-refractivity contribution is 7.88. The Morgan fingerprint density at radius 3 is 2.52 bits per heavy atom. The molecule has 1 aliphatic heterocycles. The van der Waals surface area contributed by atoms with Crippen molar-refractivity contribution in [2.24, 2.45) is 5.92 Å². The number of alkyl halides is 2. The van der Waals surface area contributed by atoms with E-state index in [0.717, 1.165) is 22.9 Å². The number of nitrogens with one attached hydrogen (secondary N) is 1. The number of carbonyl (C=O) groups excluding carboxylic acids is 1. The Morgan fingerprint density at radius 2 is 1.85 bits per heavy atom. The first-order valence-electron chi connectivity index (χ1n) is 11.1. The minimum Gasteiger partial charge on any atom is -0.449 e. The summed E-state index contributed by atoms with van der Waals surface area (Å²) in [5, 5.41) is 0. The van der Waals surface area contributed by atoms with Gasteiger partial charge in [0.1, 0.15) is 6.61 Å². The molecule has 1 unspecified atom stereocenters. The fourth-order valence-corrected chi connectivity index (χ4v) is 5.23. The number of ether oxygens (including phenoxy) is 1. The van der Waals surface area contributed by atoms with Crippen molar-refractivity contribution in [2.75, 3.05) is 19.4 Å². The highest BCUT2D eigenvalue weighted by Crippen LogP contribution is 2.48. The van der Waals surface area contributed by atoms with Crippen molar-refractivity contribution in [3.05, 3.63) is 60.2 Å². The van der Waals surface area contributed by atoms with E-state index in [1.807, 2.05) is 54.6 Å². The van der Waals surface area contributed by atoms with E-state index in [1.54, 1.807) is 0 Å². The molecule has 0 radical (unpaired) electrons. The van der Waals surface area contributed by atoms with E-state index in [4.69, 9.17) is 4.74 Å². The summed E-state index contributed by atoms with van der Waals surface area (Å²) in [6, 6.07) is 16.8. The Morgan fingerprint density at radius 1 is 1.15 bits per heavy atom. The summed E-state index contributed by atoms with van der Waals surface area (Å²) in [5.74, 6) is -3.70. The normalized spacial score (nSPS) is 24.3. The summed E-state index contributed by atoms with van der Waals surface area (Å²) in [7, 11) is -3.51. The number of sulfonamides is 1. The van der Waals surface area contributed by atoms with E-state index in [0.29, 0.717) is 25.8 Å². The molecule has 0 bridgehead atoms. The second-order valence-electron chi connectivity index (χ2n) is 8.91. The molecule has 2 fully saturated rings. The second kappa shape index (κ2) is 9.38. The molecular formula is C24H28F2N2O4S. The smallest absolute Gasteiger partial charge is 0.410 e. The van der Waals surface area contributed by atoms with Crippen LogP contribution in [0.2, 0.25) is 0 Å². The number of nitrogens with zero attached hydrogens (tertiary/aromatic N) is 1. The van der Waals surface area contributed by atoms with Crippen LogP contribution in [-0.4, -0.2) is 56.8 Å². The first kappa shape index (κ1) is 23.6. The zero-order chi connectivity index (χ0) is 23.6. The van der Waals surface area contributed by atoms with Crippen molar-refractivity contribution in [3.8, 4) is 11.1 Å². The van der Waals surface area contributed by atoms with Gasteiger partial charge in [-0.15, -0.1) is 0 Å². The molecule has 4 rings (SSSR count). The van der Waals surface area contributed by atoms with E-state index in [1.165, 1.54) is 4.90 Å². The molecule has 9 heteroatoms. The van der Waals surface area contributed by atoms with E-state index < -0.39 is 40.0 Å². The van der Waals surface area contributed by atoms with Gasteiger partial charge >= 0.3 is 6.09 Å². The minimum absolute atomic E-state index is 0.270. The Hall–Kier alpha value is -2.52. The van der Waals surface area contributed by atoms with Gasteiger partial charge in [0.2, 0.25) is 10.0 Å². The van der Waals surface area contributed by atoms with Crippen molar-refractivity contribution >= 4 is 16.1 Å². The summed E-state index contributed by atoms with van der Waals surface area (Å²) in [6.07, 6.45) is 1.70. The zero-order valence-corrected chi connectivity index (χ0v) is 19.2. The third-order valence-electron chi connectivity index (χ3n) is 6.22. The first-order valence-corrected chi connectivity index (χ1v) is 12.9. The lowest BCUT2D eigenvalue weighted by Crippen LogP contribution is -2.57. The van der Waals surface area contributed by atoms with Gasteiger partial charge in [-0.25, -0.2) is 26.7 Å². The van der Waals surface area contributed by atoms with Crippen LogP contribution in [0.3, 0.4) is 0 Å². The highest BCUT2D eigenvalue weighted by atomic mass is 32.2. The Kier molecular flexibility index (Phi) is 6.72. The van der Waals surface area contributed by atoms with Crippen LogP contribution in [0.4, 0.5) is 13.6 Å². The second-order valence-corrected chi connectivity index (χ2v) is 10.7. The number of likely N-dealkylation sites (tertiary alicyclic amines) is 1. The van der Waals surface area contributed by atoms with Gasteiger partial charge in [-0.05, 0) is 36.0 Å². The Labute approximate surface area is 193 Å². The Balaban J connectivity index is 1.54. The summed E-state index contributed by atoms with van der Waals surface area (Å²) in [4.78, 5) is 14.3. The molecule has 3 atom stereocenters. The maximum atomic E-state index is 13.2. The number of hydrogen-bond donors (Lipinski definition) is 1. The van der Waals surface area contributed by atoms with Gasteiger partial charge in [0.15, 0.2) is 0 Å². The first-order chi connectivity index (χ1) is 15.6. The lowest BCUT2D eigenvalue weighted by molar-refractivity contribution is 0.0425. The minimum atomic E-state index is -3.51. The molecule has 1 N–H and O–H groups in total. The molecule has 0 aromatic heterocycles. The molecule has 1 saturated heterocycles. The van der Waals surface area contributed by atoms with Gasteiger partial charge in [0.05, 0.1) is 18.2 Å². The molecule has 2 aromatic rings. The number of piperidine rings is 1. The number of carbonyl (C=O) groups is 1. The van der Waals surface area contributed by atoms with E-state index >= 15 is 0 Å². The van der Waals surface area contributed by atoms with E-state index in [9.17, 15) is 22.0 Å². The third-order valence-corrected chi connectivity index (χ3v) is 6.95. The quantitative estimate of drug-likeness (QED) is 0.651. The molecule has 1 saturated carbocycles. The lowest BCUT2D eigenvalue weighted by Gasteiger charge is -2.40. The molecule has 1 heterocycles. The molecular weight excluding hydrogens is 450 g/mol. The van der Waals surface area contributed by atoms with Crippen LogP contribution in [-0.2, 0) is 21.2 Å². The molecule has 1 aliphatic carbocycles. The maximum absolute atomic E-state index is 13.2. The summed E-state index contributed by atoms with van der Waals surface area (Å²) in [5.41, 5.74) is 3.01. The van der Waals surface area contributed by atoms with Crippen LogP contribution >= 0.6 is 0 Å². The predicted octanol–water partition coefficient (Wildman–Crippen LogP) is 4.07. The van der Waals surface area contributed by atoms with Crippen LogP contribution < -0.4 is 4.72 Å². The lowest BCUT2D eigenvalue weighted by atomic mass is 9.90. The summed E-state index contributed by atoms with van der Waals surface area (Å²) in [6.45, 7) is 0.0492. The monoisotopic (exact) mass is 478 g/mol. The molecule has 6 nitrogen and oxygen atoms in total. The number of halogens is 2. The highest BCUT2D eigenvalue weighted by Gasteiger charge is 2.57. The van der Waals surface area contributed by atoms with Gasteiger partial charge < -0.3 is 9.64 Å². The molecule has 33 heavy (non-hydrogen) atoms. The average Bonchev–Trinajstić information content (AvgIpc) is 3.39. The van der Waals surface area contributed by atoms with Crippen molar-refractivity contribution in [1.29, 1.82) is 0 Å². The third kappa shape index (κ3) is 6.09. The fourth-order valence-electron chi connectivity index (χ4n) is 4.40. The zero-order valence-electron chi connectivity index (χ0n) is 18.4. The predicted molar refractivity (Wildman–Crippen MR) is 121 cm³/mol. The molecule has 1 amide bonds. The van der Waals surface area contributed by atoms with Gasteiger partial charge in [-0.2, -0.15) is 0 Å². The number of hydrogen-bond acceptors (Lipinski definition) is 4. The van der Waals surface area contributed by atoms with Crippen LogP contribution in [0.25, 0.3) is 11.1 Å². The standard InChI is InChI=1S/C24H28F2N2O4S/c1-33(30,31)27-21-11-6-12-28(23(29)32-16-20-15-24(20,25)26)22(21)14-17-7-5-10-19(13-17)18-8-3-2-4-9-18/h2-5,7-10,13,20-22,27H,6,11-12,14-16H2,1H3/t20?,21-,22-/m1/s1. The molecule has 178 valence electrons. The fraction of sp³-hybridized carbons (Fsp3) is 0.458. The van der Waals surface area contributed by atoms with Crippen molar-refractivity contribution in [3.63, 3.8) is 0 Å². The van der Waals surface area contributed by atoms with E-state index in [-0.39, 0.29) is 13.0 Å². The number of rotatable bonds is 7. The van der Waals surface area contributed by atoms with Gasteiger partial charge in [-0.3, -0.25) is 0 Å². The van der Waals surface area contributed by atoms with Crippen LogP contribution in [0, 0.1) is 5.92 Å². The molecule has 0 spiro atoms.